The normalized spacial score (nSPS) is 10.1. The van der Waals surface area contributed by atoms with Gasteiger partial charge in [0.15, 0.2) is 11.6 Å². The molecule has 5 heteroatoms. The fraction of sp³-hybridized carbons (Fsp3) is 0. The molecular weight excluding hydrogens is 192 g/mol. The summed E-state index contributed by atoms with van der Waals surface area (Å²) in [5.74, 6) is -2.30. The number of hydrogen-bond donors (Lipinski definition) is 0. The van der Waals surface area contributed by atoms with Gasteiger partial charge in [0.05, 0.1) is 6.20 Å². The van der Waals surface area contributed by atoms with E-state index in [9.17, 15) is 8.78 Å². The van der Waals surface area contributed by atoms with Crippen LogP contribution in [0.15, 0.2) is 35.1 Å². The van der Waals surface area contributed by atoms with Gasteiger partial charge in [0, 0.05) is 0 Å². The Morgan fingerprint density at radius 2 is 2.14 bits per heavy atom. The van der Waals surface area contributed by atoms with Gasteiger partial charge in [-0.05, 0) is 12.1 Å². The molecular formula is C9H5F2NO2. The van der Waals surface area contributed by atoms with E-state index in [0.717, 1.165) is 6.07 Å². The van der Waals surface area contributed by atoms with Crippen molar-refractivity contribution in [1.29, 1.82) is 0 Å². The Labute approximate surface area is 77.9 Å². The van der Waals surface area contributed by atoms with E-state index in [1.54, 1.807) is 0 Å². The molecule has 0 fully saturated rings. The predicted molar refractivity (Wildman–Crippen MR) is 42.9 cm³/mol. The minimum absolute atomic E-state index is 0.130. The molecule has 2 rings (SSSR count). The van der Waals surface area contributed by atoms with Gasteiger partial charge in [-0.1, -0.05) is 6.07 Å². The van der Waals surface area contributed by atoms with Gasteiger partial charge in [0.1, 0.15) is 6.26 Å². The molecule has 0 aliphatic heterocycles. The molecule has 0 aliphatic rings. The topological polar surface area (TPSA) is 35.3 Å². The zero-order valence-corrected chi connectivity index (χ0v) is 6.91. The lowest BCUT2D eigenvalue weighted by Crippen LogP contribution is -1.91. The van der Waals surface area contributed by atoms with Crippen molar-refractivity contribution in [3.05, 3.63) is 42.3 Å². The summed E-state index contributed by atoms with van der Waals surface area (Å²) >= 11 is 0. The molecule has 3 nitrogen and oxygen atoms in total. The molecule has 0 radical (unpaired) electrons. The van der Waals surface area contributed by atoms with Crippen molar-refractivity contribution in [3.63, 3.8) is 0 Å². The van der Waals surface area contributed by atoms with Crippen LogP contribution < -0.4 is 4.74 Å². The molecule has 2 aromatic rings. The Morgan fingerprint density at radius 3 is 2.86 bits per heavy atom. The van der Waals surface area contributed by atoms with Crippen molar-refractivity contribution in [3.8, 4) is 11.8 Å². The SMILES string of the molecule is Fc1cccc(Oc2ncco2)c1F. The van der Waals surface area contributed by atoms with E-state index in [1.807, 2.05) is 0 Å². The molecule has 0 bridgehead atoms. The number of benzene rings is 1. The standard InChI is InChI=1S/C9H5F2NO2/c10-6-2-1-3-7(8(6)11)14-9-12-4-5-13-9/h1-5H. The van der Waals surface area contributed by atoms with Crippen LogP contribution in [0.2, 0.25) is 0 Å². The van der Waals surface area contributed by atoms with Gasteiger partial charge >= 0.3 is 6.08 Å². The molecule has 0 unspecified atom stereocenters. The molecule has 0 amide bonds. The average molecular weight is 197 g/mol. The Balaban J connectivity index is 2.29. The molecule has 14 heavy (non-hydrogen) atoms. The number of hydrogen-bond acceptors (Lipinski definition) is 3. The van der Waals surface area contributed by atoms with Crippen molar-refractivity contribution in [2.24, 2.45) is 0 Å². The fourth-order valence-corrected chi connectivity index (χ4v) is 0.918. The summed E-state index contributed by atoms with van der Waals surface area (Å²) in [6.45, 7) is 0. The number of rotatable bonds is 2. The zero-order valence-electron chi connectivity index (χ0n) is 6.91. The van der Waals surface area contributed by atoms with Gasteiger partial charge in [0.25, 0.3) is 0 Å². The smallest absolute Gasteiger partial charge is 0.399 e. The highest BCUT2D eigenvalue weighted by Crippen LogP contribution is 2.24. The van der Waals surface area contributed by atoms with Gasteiger partial charge < -0.3 is 9.15 Å². The number of halogens is 2. The van der Waals surface area contributed by atoms with Crippen molar-refractivity contribution >= 4 is 0 Å². The first kappa shape index (κ1) is 8.68. The van der Waals surface area contributed by atoms with E-state index in [-0.39, 0.29) is 11.8 Å². The third-order valence-corrected chi connectivity index (χ3v) is 1.52. The highest BCUT2D eigenvalue weighted by atomic mass is 19.2. The lowest BCUT2D eigenvalue weighted by Gasteiger charge is -2.01. The van der Waals surface area contributed by atoms with Gasteiger partial charge in [0.2, 0.25) is 5.82 Å². The van der Waals surface area contributed by atoms with Crippen LogP contribution >= 0.6 is 0 Å². The van der Waals surface area contributed by atoms with Crippen molar-refractivity contribution in [1.82, 2.24) is 4.98 Å². The molecule has 0 N–H and O–H groups in total. The number of nitrogens with zero attached hydrogens (tertiary/aromatic N) is 1. The molecule has 1 aromatic heterocycles. The Hall–Kier alpha value is -1.91. The Kier molecular flexibility index (Phi) is 2.14. The van der Waals surface area contributed by atoms with Crippen LogP contribution in [0.25, 0.3) is 0 Å². The molecule has 0 saturated heterocycles. The van der Waals surface area contributed by atoms with E-state index >= 15 is 0 Å². The predicted octanol–water partition coefficient (Wildman–Crippen LogP) is 2.75. The van der Waals surface area contributed by atoms with Crippen LogP contribution in [0.3, 0.4) is 0 Å². The summed E-state index contributed by atoms with van der Waals surface area (Å²) in [6, 6.07) is 3.61. The van der Waals surface area contributed by atoms with Gasteiger partial charge in [-0.15, -0.1) is 0 Å². The molecule has 0 atom stereocenters. The minimum atomic E-state index is -1.06. The van der Waals surface area contributed by atoms with E-state index in [2.05, 4.69) is 4.98 Å². The Bertz CT molecular complexity index is 428. The maximum Gasteiger partial charge on any atom is 0.399 e. The van der Waals surface area contributed by atoms with E-state index in [1.165, 1.54) is 24.6 Å². The summed E-state index contributed by atoms with van der Waals surface area (Å²) in [5.41, 5.74) is 0. The summed E-state index contributed by atoms with van der Waals surface area (Å²) in [4.78, 5) is 3.60. The first-order valence-corrected chi connectivity index (χ1v) is 3.79. The third-order valence-electron chi connectivity index (χ3n) is 1.52. The second-order valence-electron chi connectivity index (χ2n) is 2.45. The monoisotopic (exact) mass is 197 g/mol. The van der Waals surface area contributed by atoms with Crippen LogP contribution in [0.4, 0.5) is 8.78 Å². The molecule has 72 valence electrons. The van der Waals surface area contributed by atoms with Crippen LogP contribution in [-0.2, 0) is 0 Å². The maximum absolute atomic E-state index is 13.0. The number of oxazole rings is 1. The Morgan fingerprint density at radius 1 is 1.29 bits per heavy atom. The first-order chi connectivity index (χ1) is 6.77. The van der Waals surface area contributed by atoms with Crippen molar-refractivity contribution in [2.75, 3.05) is 0 Å². The zero-order chi connectivity index (χ0) is 9.97. The lowest BCUT2D eigenvalue weighted by atomic mass is 10.3. The van der Waals surface area contributed by atoms with Crippen LogP contribution in [0.5, 0.6) is 11.8 Å². The quantitative estimate of drug-likeness (QED) is 0.742. The second-order valence-corrected chi connectivity index (χ2v) is 2.45. The van der Waals surface area contributed by atoms with E-state index in [0.29, 0.717) is 0 Å². The third kappa shape index (κ3) is 1.56. The number of aromatic nitrogens is 1. The van der Waals surface area contributed by atoms with Gasteiger partial charge in [-0.25, -0.2) is 4.39 Å². The minimum Gasteiger partial charge on any atom is -0.417 e. The van der Waals surface area contributed by atoms with Gasteiger partial charge in [-0.3, -0.25) is 0 Å². The molecule has 0 aliphatic carbocycles. The largest absolute Gasteiger partial charge is 0.417 e. The fourth-order valence-electron chi connectivity index (χ4n) is 0.918. The summed E-state index contributed by atoms with van der Waals surface area (Å²) in [7, 11) is 0. The van der Waals surface area contributed by atoms with Crippen LogP contribution in [-0.4, -0.2) is 4.98 Å². The molecule has 1 aromatic carbocycles. The molecule has 1 heterocycles. The molecule has 0 saturated carbocycles. The highest BCUT2D eigenvalue weighted by molar-refractivity contribution is 5.26. The lowest BCUT2D eigenvalue weighted by molar-refractivity contribution is 0.313. The molecule has 0 spiro atoms. The summed E-state index contributed by atoms with van der Waals surface area (Å²) < 4.78 is 35.3. The van der Waals surface area contributed by atoms with Gasteiger partial charge in [-0.2, -0.15) is 9.37 Å². The maximum atomic E-state index is 13.0. The van der Waals surface area contributed by atoms with Crippen molar-refractivity contribution < 1.29 is 17.9 Å². The van der Waals surface area contributed by atoms with E-state index in [4.69, 9.17) is 9.15 Å². The van der Waals surface area contributed by atoms with Crippen LogP contribution in [0, 0.1) is 11.6 Å². The average Bonchev–Trinajstić information content (AvgIpc) is 2.66. The summed E-state index contributed by atoms with van der Waals surface area (Å²) in [5, 5.41) is 0. The highest BCUT2D eigenvalue weighted by Gasteiger charge is 2.10. The second kappa shape index (κ2) is 3.45. The summed E-state index contributed by atoms with van der Waals surface area (Å²) in [6.07, 6.45) is 2.48. The van der Waals surface area contributed by atoms with Crippen LogP contribution in [0.1, 0.15) is 0 Å². The van der Waals surface area contributed by atoms with E-state index < -0.39 is 11.6 Å². The van der Waals surface area contributed by atoms with Crippen molar-refractivity contribution in [2.45, 2.75) is 0 Å². The first-order valence-electron chi connectivity index (χ1n) is 3.79. The number of ether oxygens (including phenoxy) is 1.